The topological polar surface area (TPSA) is 51.1 Å². The molecule has 0 unspecified atom stereocenters. The molecule has 2 aliphatic heterocycles. The molecule has 0 N–H and O–H groups in total. The molecule has 6 heteroatoms. The lowest BCUT2D eigenvalue weighted by atomic mass is 9.82. The Labute approximate surface area is 150 Å². The lowest BCUT2D eigenvalue weighted by Crippen LogP contribution is -2.46. The lowest BCUT2D eigenvalue weighted by Gasteiger charge is -2.44. The van der Waals surface area contributed by atoms with Crippen molar-refractivity contribution in [3.8, 4) is 0 Å². The molecular weight excluding hydrogens is 332 g/mol. The van der Waals surface area contributed by atoms with Gasteiger partial charge in [-0.1, -0.05) is 0 Å². The minimum atomic E-state index is -0.0970. The van der Waals surface area contributed by atoms with E-state index in [-0.39, 0.29) is 5.60 Å². The van der Waals surface area contributed by atoms with Gasteiger partial charge < -0.3 is 9.64 Å². The SMILES string of the molecule is Cc1nc(N2CCC3(CC2)OCCc2sccc23)c2cccnc2n1. The Morgan fingerprint density at radius 3 is 2.96 bits per heavy atom. The van der Waals surface area contributed by atoms with E-state index in [0.29, 0.717) is 0 Å². The molecule has 0 amide bonds. The molecule has 5 rings (SSSR count). The van der Waals surface area contributed by atoms with Crippen molar-refractivity contribution < 1.29 is 4.74 Å². The predicted octanol–water partition coefficient (Wildman–Crippen LogP) is 3.46. The number of thiophene rings is 1. The summed E-state index contributed by atoms with van der Waals surface area (Å²) in [7, 11) is 0. The van der Waals surface area contributed by atoms with Crippen LogP contribution in [-0.4, -0.2) is 34.6 Å². The minimum Gasteiger partial charge on any atom is -0.370 e. The van der Waals surface area contributed by atoms with Gasteiger partial charge in [-0.25, -0.2) is 15.0 Å². The van der Waals surface area contributed by atoms with Crippen molar-refractivity contribution in [2.45, 2.75) is 31.8 Å². The summed E-state index contributed by atoms with van der Waals surface area (Å²) < 4.78 is 6.32. The summed E-state index contributed by atoms with van der Waals surface area (Å²) in [4.78, 5) is 17.5. The van der Waals surface area contributed by atoms with Crippen molar-refractivity contribution in [2.75, 3.05) is 24.6 Å². The van der Waals surface area contributed by atoms with Crippen molar-refractivity contribution in [1.29, 1.82) is 0 Å². The van der Waals surface area contributed by atoms with Gasteiger partial charge >= 0.3 is 0 Å². The van der Waals surface area contributed by atoms with E-state index in [9.17, 15) is 0 Å². The Morgan fingerprint density at radius 2 is 2.08 bits per heavy atom. The fraction of sp³-hybridized carbons (Fsp3) is 0.421. The van der Waals surface area contributed by atoms with Crippen LogP contribution in [0.2, 0.25) is 0 Å². The largest absolute Gasteiger partial charge is 0.370 e. The van der Waals surface area contributed by atoms with Crippen LogP contribution in [0.5, 0.6) is 0 Å². The third kappa shape index (κ3) is 2.43. The number of aryl methyl sites for hydroxylation is 1. The van der Waals surface area contributed by atoms with E-state index in [4.69, 9.17) is 9.72 Å². The normalized spacial score (nSPS) is 19.3. The van der Waals surface area contributed by atoms with E-state index < -0.39 is 0 Å². The molecule has 2 aliphatic rings. The highest BCUT2D eigenvalue weighted by molar-refractivity contribution is 7.10. The number of hydrogen-bond donors (Lipinski definition) is 0. The summed E-state index contributed by atoms with van der Waals surface area (Å²) in [6, 6.07) is 6.29. The fourth-order valence-electron chi connectivity index (χ4n) is 4.14. The zero-order chi connectivity index (χ0) is 16.9. The molecule has 1 spiro atoms. The highest BCUT2D eigenvalue weighted by atomic mass is 32.1. The van der Waals surface area contributed by atoms with Gasteiger partial charge in [0.2, 0.25) is 0 Å². The van der Waals surface area contributed by atoms with Crippen molar-refractivity contribution in [3.05, 3.63) is 46.0 Å². The van der Waals surface area contributed by atoms with E-state index in [2.05, 4.69) is 32.4 Å². The molecule has 0 atom stereocenters. The molecule has 1 saturated heterocycles. The maximum atomic E-state index is 6.32. The van der Waals surface area contributed by atoms with Gasteiger partial charge in [0.15, 0.2) is 5.65 Å². The Balaban J connectivity index is 1.47. The number of nitrogens with zero attached hydrogens (tertiary/aromatic N) is 4. The Kier molecular flexibility index (Phi) is 3.50. The first-order valence-electron chi connectivity index (χ1n) is 8.80. The zero-order valence-corrected chi connectivity index (χ0v) is 15.1. The summed E-state index contributed by atoms with van der Waals surface area (Å²) >= 11 is 1.87. The van der Waals surface area contributed by atoms with Gasteiger partial charge in [0, 0.05) is 30.6 Å². The van der Waals surface area contributed by atoms with Gasteiger partial charge in [-0.15, -0.1) is 11.3 Å². The fourth-order valence-corrected chi connectivity index (χ4v) is 5.09. The number of aromatic nitrogens is 3. The van der Waals surface area contributed by atoms with E-state index in [0.717, 1.165) is 61.6 Å². The summed E-state index contributed by atoms with van der Waals surface area (Å²) in [5, 5.41) is 3.24. The van der Waals surface area contributed by atoms with Gasteiger partial charge in [0.05, 0.1) is 17.6 Å². The van der Waals surface area contributed by atoms with Crippen LogP contribution in [-0.2, 0) is 16.8 Å². The Morgan fingerprint density at radius 1 is 1.20 bits per heavy atom. The monoisotopic (exact) mass is 352 g/mol. The summed E-state index contributed by atoms with van der Waals surface area (Å²) in [6.45, 7) is 4.66. The van der Waals surface area contributed by atoms with Crippen LogP contribution in [0, 0.1) is 6.92 Å². The molecule has 5 nitrogen and oxygen atoms in total. The van der Waals surface area contributed by atoms with E-state index in [1.807, 2.05) is 24.3 Å². The second-order valence-corrected chi connectivity index (χ2v) is 7.81. The molecule has 1 fully saturated rings. The standard InChI is InChI=1S/C19H20N4OS/c1-13-21-17-14(3-2-8-20-17)18(22-13)23-9-6-19(7-10-23)15-5-12-25-16(15)4-11-24-19/h2-3,5,8,12H,4,6-7,9-11H2,1H3. The van der Waals surface area contributed by atoms with Gasteiger partial charge in [0.1, 0.15) is 11.6 Å². The summed E-state index contributed by atoms with van der Waals surface area (Å²) in [5.74, 6) is 1.78. The third-order valence-electron chi connectivity index (χ3n) is 5.38. The van der Waals surface area contributed by atoms with Crippen LogP contribution in [0.1, 0.15) is 29.1 Å². The highest BCUT2D eigenvalue weighted by Crippen LogP contribution is 2.44. The molecule has 3 aromatic heterocycles. The summed E-state index contributed by atoms with van der Waals surface area (Å²) in [5.41, 5.74) is 2.10. The highest BCUT2D eigenvalue weighted by Gasteiger charge is 2.41. The van der Waals surface area contributed by atoms with Crippen LogP contribution < -0.4 is 4.90 Å². The number of pyridine rings is 1. The van der Waals surface area contributed by atoms with Crippen molar-refractivity contribution >= 4 is 28.2 Å². The molecule has 0 bridgehead atoms. The predicted molar refractivity (Wildman–Crippen MR) is 99.2 cm³/mol. The molecular formula is C19H20N4OS. The number of rotatable bonds is 1. The van der Waals surface area contributed by atoms with Gasteiger partial charge in [-0.3, -0.25) is 0 Å². The molecule has 0 aliphatic carbocycles. The van der Waals surface area contributed by atoms with Crippen LogP contribution in [0.3, 0.4) is 0 Å². The first kappa shape index (κ1) is 15.2. The van der Waals surface area contributed by atoms with Crippen molar-refractivity contribution in [2.24, 2.45) is 0 Å². The maximum absolute atomic E-state index is 6.32. The zero-order valence-electron chi connectivity index (χ0n) is 14.2. The Hall–Kier alpha value is -2.05. The molecule has 0 saturated carbocycles. The third-order valence-corrected chi connectivity index (χ3v) is 6.36. The number of fused-ring (bicyclic) bond motifs is 3. The first-order valence-corrected chi connectivity index (χ1v) is 9.68. The van der Waals surface area contributed by atoms with E-state index in [1.54, 1.807) is 6.20 Å². The minimum absolute atomic E-state index is 0.0970. The van der Waals surface area contributed by atoms with Crippen LogP contribution in [0.15, 0.2) is 29.8 Å². The second kappa shape index (κ2) is 5.75. The number of piperidine rings is 1. The second-order valence-electron chi connectivity index (χ2n) is 6.81. The van der Waals surface area contributed by atoms with Crippen LogP contribution in [0.4, 0.5) is 5.82 Å². The molecule has 25 heavy (non-hydrogen) atoms. The smallest absolute Gasteiger partial charge is 0.164 e. The quantitative estimate of drug-likeness (QED) is 0.671. The van der Waals surface area contributed by atoms with E-state index >= 15 is 0 Å². The molecule has 0 radical (unpaired) electrons. The number of hydrogen-bond acceptors (Lipinski definition) is 6. The maximum Gasteiger partial charge on any atom is 0.164 e. The number of anilines is 1. The van der Waals surface area contributed by atoms with Crippen LogP contribution >= 0.6 is 11.3 Å². The molecule has 3 aromatic rings. The van der Waals surface area contributed by atoms with Crippen molar-refractivity contribution in [1.82, 2.24) is 15.0 Å². The molecule has 128 valence electrons. The first-order chi connectivity index (χ1) is 12.3. The average Bonchev–Trinajstić information content (AvgIpc) is 3.12. The lowest BCUT2D eigenvalue weighted by molar-refractivity contribution is -0.0757. The van der Waals surface area contributed by atoms with Gasteiger partial charge in [-0.05, 0) is 48.9 Å². The summed E-state index contributed by atoms with van der Waals surface area (Å²) in [6.07, 6.45) is 4.85. The molecule has 0 aromatic carbocycles. The van der Waals surface area contributed by atoms with E-state index in [1.165, 1.54) is 10.4 Å². The van der Waals surface area contributed by atoms with Gasteiger partial charge in [-0.2, -0.15) is 0 Å². The van der Waals surface area contributed by atoms with Crippen LogP contribution in [0.25, 0.3) is 11.0 Å². The average molecular weight is 352 g/mol. The van der Waals surface area contributed by atoms with Crippen molar-refractivity contribution in [3.63, 3.8) is 0 Å². The number of ether oxygens (including phenoxy) is 1. The molecule has 5 heterocycles. The Bertz CT molecular complexity index is 930. The van der Waals surface area contributed by atoms with Gasteiger partial charge in [0.25, 0.3) is 0 Å².